The zero-order valence-electron chi connectivity index (χ0n) is 11.6. The van der Waals surface area contributed by atoms with E-state index in [0.29, 0.717) is 10.0 Å². The van der Waals surface area contributed by atoms with Crippen LogP contribution in [-0.2, 0) is 6.42 Å². The van der Waals surface area contributed by atoms with Gasteiger partial charge in [-0.25, -0.2) is 0 Å². The number of benzene rings is 2. The summed E-state index contributed by atoms with van der Waals surface area (Å²) in [5.74, 6) is 0. The zero-order chi connectivity index (χ0) is 14.8. The van der Waals surface area contributed by atoms with Gasteiger partial charge in [-0.15, -0.1) is 11.3 Å². The van der Waals surface area contributed by atoms with Crippen LogP contribution in [0.5, 0.6) is 0 Å². The molecule has 0 amide bonds. The van der Waals surface area contributed by atoms with Crippen molar-refractivity contribution >= 4 is 44.6 Å². The fourth-order valence-electron chi connectivity index (χ4n) is 2.56. The van der Waals surface area contributed by atoms with Crippen LogP contribution in [0, 0.1) is 0 Å². The lowest BCUT2D eigenvalue weighted by Crippen LogP contribution is -2.18. The van der Waals surface area contributed by atoms with Gasteiger partial charge in [0.25, 0.3) is 0 Å². The van der Waals surface area contributed by atoms with Gasteiger partial charge in [0, 0.05) is 10.7 Å². The maximum Gasteiger partial charge on any atom is 0.0595 e. The Morgan fingerprint density at radius 1 is 1.10 bits per heavy atom. The van der Waals surface area contributed by atoms with Crippen LogP contribution in [0.4, 0.5) is 0 Å². The fraction of sp³-hybridized carbons (Fsp3) is 0.176. The number of hydrogen-bond acceptors (Lipinski definition) is 2. The highest BCUT2D eigenvalue weighted by atomic mass is 35.5. The van der Waals surface area contributed by atoms with Gasteiger partial charge in [0.05, 0.1) is 10.0 Å². The molecule has 0 saturated heterocycles. The Labute approximate surface area is 138 Å². The third-order valence-electron chi connectivity index (χ3n) is 3.66. The molecule has 0 saturated carbocycles. The van der Waals surface area contributed by atoms with Gasteiger partial charge in [-0.1, -0.05) is 47.5 Å². The van der Waals surface area contributed by atoms with Gasteiger partial charge in [0.15, 0.2) is 0 Å². The Bertz CT molecular complexity index is 766. The Balaban J connectivity index is 1.94. The fourth-order valence-corrected chi connectivity index (χ4v) is 3.85. The quantitative estimate of drug-likeness (QED) is 0.643. The molecule has 0 spiro atoms. The number of nitrogens with one attached hydrogen (secondary N) is 1. The van der Waals surface area contributed by atoms with E-state index in [1.165, 1.54) is 21.2 Å². The molecule has 0 aliphatic rings. The van der Waals surface area contributed by atoms with E-state index in [0.717, 1.165) is 6.42 Å². The number of hydrogen-bond donors (Lipinski definition) is 1. The van der Waals surface area contributed by atoms with Crippen LogP contribution in [-0.4, -0.2) is 7.05 Å². The average molecular weight is 336 g/mol. The van der Waals surface area contributed by atoms with Gasteiger partial charge >= 0.3 is 0 Å². The molecule has 0 bridgehead atoms. The smallest absolute Gasteiger partial charge is 0.0595 e. The highest BCUT2D eigenvalue weighted by molar-refractivity contribution is 7.17. The molecule has 1 nitrogen and oxygen atoms in total. The number of likely N-dealkylation sites (N-methyl/N-ethyl adjacent to an activating group) is 1. The Kier molecular flexibility index (Phi) is 4.51. The normalized spacial score (nSPS) is 12.7. The molecule has 21 heavy (non-hydrogen) atoms. The van der Waals surface area contributed by atoms with Crippen LogP contribution >= 0.6 is 34.5 Å². The van der Waals surface area contributed by atoms with Crippen molar-refractivity contribution in [3.05, 3.63) is 69.0 Å². The first-order valence-electron chi connectivity index (χ1n) is 6.76. The number of rotatable bonds is 4. The Hall–Kier alpha value is -1.06. The van der Waals surface area contributed by atoms with Crippen molar-refractivity contribution in [2.75, 3.05) is 7.05 Å². The summed E-state index contributed by atoms with van der Waals surface area (Å²) in [7, 11) is 1.99. The van der Waals surface area contributed by atoms with Crippen molar-refractivity contribution < 1.29 is 0 Å². The molecule has 0 radical (unpaired) electrons. The van der Waals surface area contributed by atoms with Gasteiger partial charge in [0.2, 0.25) is 0 Å². The molecule has 4 heteroatoms. The lowest BCUT2D eigenvalue weighted by Gasteiger charge is -2.18. The minimum Gasteiger partial charge on any atom is -0.313 e. The first kappa shape index (κ1) is 14.9. The zero-order valence-corrected chi connectivity index (χ0v) is 13.9. The molecule has 0 aliphatic heterocycles. The van der Waals surface area contributed by atoms with Crippen molar-refractivity contribution in [3.8, 4) is 0 Å². The third-order valence-corrected chi connectivity index (χ3v) is 5.38. The topological polar surface area (TPSA) is 12.0 Å². The van der Waals surface area contributed by atoms with Crippen molar-refractivity contribution in [1.29, 1.82) is 0 Å². The van der Waals surface area contributed by atoms with Gasteiger partial charge < -0.3 is 5.32 Å². The molecule has 1 atom stereocenters. The first-order chi connectivity index (χ1) is 10.2. The molecular formula is C17H15Cl2NS. The Morgan fingerprint density at radius 2 is 1.95 bits per heavy atom. The molecule has 2 aromatic carbocycles. The highest BCUT2D eigenvalue weighted by Crippen LogP contribution is 2.31. The lowest BCUT2D eigenvalue weighted by molar-refractivity contribution is 0.597. The van der Waals surface area contributed by atoms with Crippen molar-refractivity contribution in [1.82, 2.24) is 5.32 Å². The second-order valence-electron chi connectivity index (χ2n) is 4.98. The van der Waals surface area contributed by atoms with E-state index in [2.05, 4.69) is 35.0 Å². The summed E-state index contributed by atoms with van der Waals surface area (Å²) in [4.78, 5) is 0. The molecule has 3 rings (SSSR count). The van der Waals surface area contributed by atoms with Gasteiger partial charge in [-0.3, -0.25) is 0 Å². The summed E-state index contributed by atoms with van der Waals surface area (Å²) in [5, 5.41) is 8.06. The molecule has 1 heterocycles. The summed E-state index contributed by atoms with van der Waals surface area (Å²) < 4.78 is 1.34. The standard InChI is InChI=1S/C17H15Cl2NS/c1-20-16(10-11-5-6-14(18)15(19)9-11)13-4-2-3-12-7-8-21-17(12)13/h2-9,16,20H,10H2,1H3. The molecule has 0 aliphatic carbocycles. The van der Waals surface area contributed by atoms with E-state index >= 15 is 0 Å². The molecular weight excluding hydrogens is 321 g/mol. The van der Waals surface area contributed by atoms with Gasteiger partial charge in [-0.2, -0.15) is 0 Å². The second kappa shape index (κ2) is 6.37. The largest absolute Gasteiger partial charge is 0.313 e. The highest BCUT2D eigenvalue weighted by Gasteiger charge is 2.14. The first-order valence-corrected chi connectivity index (χ1v) is 8.40. The van der Waals surface area contributed by atoms with E-state index in [9.17, 15) is 0 Å². The van der Waals surface area contributed by atoms with Crippen LogP contribution in [0.25, 0.3) is 10.1 Å². The number of fused-ring (bicyclic) bond motifs is 1. The van der Waals surface area contributed by atoms with Crippen molar-refractivity contribution in [2.45, 2.75) is 12.5 Å². The summed E-state index contributed by atoms with van der Waals surface area (Å²) in [6, 6.07) is 14.7. The summed E-state index contributed by atoms with van der Waals surface area (Å²) in [6.45, 7) is 0. The van der Waals surface area contributed by atoms with Crippen LogP contribution in [0.3, 0.4) is 0 Å². The van der Waals surface area contributed by atoms with Crippen LogP contribution < -0.4 is 5.32 Å². The van der Waals surface area contributed by atoms with Gasteiger partial charge in [0.1, 0.15) is 0 Å². The third kappa shape index (κ3) is 3.09. The van der Waals surface area contributed by atoms with E-state index < -0.39 is 0 Å². The maximum absolute atomic E-state index is 6.11. The van der Waals surface area contributed by atoms with E-state index in [1.54, 1.807) is 11.3 Å². The molecule has 1 aromatic heterocycles. The van der Waals surface area contributed by atoms with E-state index in [-0.39, 0.29) is 6.04 Å². The van der Waals surface area contributed by atoms with Crippen LogP contribution in [0.15, 0.2) is 47.8 Å². The van der Waals surface area contributed by atoms with E-state index in [4.69, 9.17) is 23.2 Å². The summed E-state index contributed by atoms with van der Waals surface area (Å²) in [6.07, 6.45) is 0.879. The lowest BCUT2D eigenvalue weighted by atomic mass is 9.98. The van der Waals surface area contributed by atoms with Gasteiger partial charge in [-0.05, 0) is 53.6 Å². The summed E-state index contributed by atoms with van der Waals surface area (Å²) >= 11 is 13.9. The average Bonchev–Trinajstić information content (AvgIpc) is 2.97. The molecule has 0 fully saturated rings. The predicted octanol–water partition coefficient (Wildman–Crippen LogP) is 5.71. The second-order valence-corrected chi connectivity index (χ2v) is 6.71. The molecule has 3 aromatic rings. The SMILES string of the molecule is CNC(Cc1ccc(Cl)c(Cl)c1)c1cccc2ccsc12. The maximum atomic E-state index is 6.11. The Morgan fingerprint density at radius 3 is 2.71 bits per heavy atom. The van der Waals surface area contributed by atoms with Crippen LogP contribution in [0.1, 0.15) is 17.2 Å². The van der Waals surface area contributed by atoms with Crippen molar-refractivity contribution in [2.24, 2.45) is 0 Å². The summed E-state index contributed by atoms with van der Waals surface area (Å²) in [5.41, 5.74) is 2.51. The molecule has 108 valence electrons. The van der Waals surface area contributed by atoms with Crippen LogP contribution in [0.2, 0.25) is 10.0 Å². The minimum atomic E-state index is 0.254. The monoisotopic (exact) mass is 335 g/mol. The van der Waals surface area contributed by atoms with Crippen molar-refractivity contribution in [3.63, 3.8) is 0 Å². The molecule has 1 unspecified atom stereocenters. The number of halogens is 2. The molecule has 1 N–H and O–H groups in total. The van der Waals surface area contributed by atoms with E-state index in [1.807, 2.05) is 25.2 Å². The predicted molar refractivity (Wildman–Crippen MR) is 93.8 cm³/mol. The minimum absolute atomic E-state index is 0.254. The number of thiophene rings is 1.